The molecule has 0 aliphatic heterocycles. The Labute approximate surface area is 151 Å². The molecule has 5 nitrogen and oxygen atoms in total. The predicted molar refractivity (Wildman–Crippen MR) is 103 cm³/mol. The number of likely N-dealkylation sites (N-methyl/N-ethyl adjacent to an activating group) is 1. The van der Waals surface area contributed by atoms with Crippen molar-refractivity contribution in [1.29, 1.82) is 0 Å². The number of anilines is 1. The topological polar surface area (TPSA) is 50.2 Å². The second-order valence-corrected chi connectivity index (χ2v) is 7.70. The molecule has 136 valence electrons. The number of hydrogen-bond donors (Lipinski definition) is 1. The van der Waals surface area contributed by atoms with Crippen molar-refractivity contribution in [3.63, 3.8) is 0 Å². The molecule has 5 heteroatoms. The minimum absolute atomic E-state index is 0.119. The molecule has 1 heterocycles. The van der Waals surface area contributed by atoms with Gasteiger partial charge >= 0.3 is 0 Å². The standard InChI is InChI=1S/C20H30N4O/c1-15(2)18-14-17(22-24(18)20(3,4)5)19(25)21-12-13-23(6)16-10-8-7-9-11-16/h7-11,14-15H,12-13H2,1-6H3,(H,21,25). The monoisotopic (exact) mass is 342 g/mol. The molecule has 0 aliphatic rings. The lowest BCUT2D eigenvalue weighted by Gasteiger charge is -2.23. The first-order chi connectivity index (χ1) is 11.7. The Balaban J connectivity index is 1.99. The molecule has 0 spiro atoms. The van der Waals surface area contributed by atoms with Crippen LogP contribution in [0.2, 0.25) is 0 Å². The van der Waals surface area contributed by atoms with Crippen LogP contribution in [-0.2, 0) is 5.54 Å². The Kier molecular flexibility index (Phi) is 5.88. The number of carbonyl (C=O) groups is 1. The van der Waals surface area contributed by atoms with Crippen LogP contribution < -0.4 is 10.2 Å². The van der Waals surface area contributed by atoms with Gasteiger partial charge in [0, 0.05) is 31.5 Å². The van der Waals surface area contributed by atoms with Gasteiger partial charge in [-0.2, -0.15) is 5.10 Å². The van der Waals surface area contributed by atoms with E-state index in [1.54, 1.807) is 0 Å². The van der Waals surface area contributed by atoms with Crippen LogP contribution in [0.25, 0.3) is 0 Å². The first-order valence-corrected chi connectivity index (χ1v) is 8.85. The predicted octanol–water partition coefficient (Wildman–Crippen LogP) is 3.63. The zero-order valence-electron chi connectivity index (χ0n) is 16.2. The van der Waals surface area contributed by atoms with Gasteiger partial charge in [0.25, 0.3) is 5.91 Å². The normalized spacial score (nSPS) is 11.6. The summed E-state index contributed by atoms with van der Waals surface area (Å²) in [5, 5.41) is 7.52. The summed E-state index contributed by atoms with van der Waals surface area (Å²) in [6.45, 7) is 11.9. The van der Waals surface area contributed by atoms with E-state index in [0.29, 0.717) is 18.2 Å². The van der Waals surface area contributed by atoms with Crippen molar-refractivity contribution in [1.82, 2.24) is 15.1 Å². The van der Waals surface area contributed by atoms with Crippen molar-refractivity contribution in [2.45, 2.75) is 46.1 Å². The van der Waals surface area contributed by atoms with E-state index in [4.69, 9.17) is 0 Å². The van der Waals surface area contributed by atoms with E-state index in [-0.39, 0.29) is 11.4 Å². The van der Waals surface area contributed by atoms with Gasteiger partial charge in [0.2, 0.25) is 0 Å². The fourth-order valence-electron chi connectivity index (χ4n) is 2.69. The zero-order valence-corrected chi connectivity index (χ0v) is 16.2. The second kappa shape index (κ2) is 7.72. The largest absolute Gasteiger partial charge is 0.373 e. The van der Waals surface area contributed by atoms with Crippen LogP contribution >= 0.6 is 0 Å². The highest BCUT2D eigenvalue weighted by Crippen LogP contribution is 2.23. The van der Waals surface area contributed by atoms with E-state index in [9.17, 15) is 4.79 Å². The summed E-state index contributed by atoms with van der Waals surface area (Å²) < 4.78 is 1.96. The summed E-state index contributed by atoms with van der Waals surface area (Å²) in [5.74, 6) is 0.198. The van der Waals surface area contributed by atoms with E-state index in [0.717, 1.165) is 17.9 Å². The molecule has 1 amide bonds. The number of para-hydroxylation sites is 1. The van der Waals surface area contributed by atoms with Gasteiger partial charge in [-0.3, -0.25) is 9.48 Å². The molecule has 0 fully saturated rings. The highest BCUT2D eigenvalue weighted by molar-refractivity contribution is 5.92. The van der Waals surface area contributed by atoms with Crippen LogP contribution in [-0.4, -0.2) is 35.8 Å². The highest BCUT2D eigenvalue weighted by atomic mass is 16.1. The third-order valence-corrected chi connectivity index (χ3v) is 4.13. The molecule has 2 rings (SSSR count). The fourth-order valence-corrected chi connectivity index (χ4v) is 2.69. The zero-order chi connectivity index (χ0) is 18.6. The molecular weight excluding hydrogens is 312 g/mol. The molecule has 0 saturated carbocycles. The van der Waals surface area contributed by atoms with Gasteiger partial charge in [-0.15, -0.1) is 0 Å². The van der Waals surface area contributed by atoms with Gasteiger partial charge in [0.05, 0.1) is 5.54 Å². The molecule has 2 aromatic rings. The van der Waals surface area contributed by atoms with Crippen molar-refractivity contribution < 1.29 is 4.79 Å². The van der Waals surface area contributed by atoms with Crippen LogP contribution in [0.4, 0.5) is 5.69 Å². The average Bonchev–Trinajstić information content (AvgIpc) is 3.01. The first-order valence-electron chi connectivity index (χ1n) is 8.85. The number of rotatable bonds is 6. The number of nitrogens with zero attached hydrogens (tertiary/aromatic N) is 3. The number of carbonyl (C=O) groups excluding carboxylic acids is 1. The van der Waals surface area contributed by atoms with Gasteiger partial charge in [0.15, 0.2) is 0 Å². The highest BCUT2D eigenvalue weighted by Gasteiger charge is 2.23. The Morgan fingerprint density at radius 1 is 1.24 bits per heavy atom. The first kappa shape index (κ1) is 19.0. The molecular formula is C20H30N4O. The molecule has 0 aliphatic carbocycles. The molecule has 0 saturated heterocycles. The maximum absolute atomic E-state index is 12.5. The summed E-state index contributed by atoms with van der Waals surface area (Å²) in [7, 11) is 2.02. The Bertz CT molecular complexity index is 698. The summed E-state index contributed by atoms with van der Waals surface area (Å²) in [5.41, 5.74) is 2.56. The number of benzene rings is 1. The molecule has 0 atom stereocenters. The van der Waals surface area contributed by atoms with Crippen LogP contribution in [0.5, 0.6) is 0 Å². The van der Waals surface area contributed by atoms with Crippen molar-refractivity contribution in [2.75, 3.05) is 25.0 Å². The van der Waals surface area contributed by atoms with Crippen molar-refractivity contribution in [3.05, 3.63) is 47.8 Å². The van der Waals surface area contributed by atoms with Gasteiger partial charge < -0.3 is 10.2 Å². The Morgan fingerprint density at radius 3 is 2.40 bits per heavy atom. The average molecular weight is 342 g/mol. The number of nitrogens with one attached hydrogen (secondary N) is 1. The summed E-state index contributed by atoms with van der Waals surface area (Å²) in [6.07, 6.45) is 0. The molecule has 0 unspecified atom stereocenters. The van der Waals surface area contributed by atoms with Gasteiger partial charge in [0.1, 0.15) is 5.69 Å². The number of aromatic nitrogens is 2. The fraction of sp³-hybridized carbons (Fsp3) is 0.500. The van der Waals surface area contributed by atoms with E-state index in [2.05, 4.69) is 62.1 Å². The lowest BCUT2D eigenvalue weighted by Crippen LogP contribution is -2.33. The Hall–Kier alpha value is -2.30. The quantitative estimate of drug-likeness (QED) is 0.872. The molecule has 0 bridgehead atoms. The van der Waals surface area contributed by atoms with E-state index in [1.807, 2.05) is 36.0 Å². The van der Waals surface area contributed by atoms with Crippen LogP contribution in [0.1, 0.15) is 56.7 Å². The van der Waals surface area contributed by atoms with Gasteiger partial charge in [-0.1, -0.05) is 32.0 Å². The van der Waals surface area contributed by atoms with Crippen LogP contribution in [0.3, 0.4) is 0 Å². The summed E-state index contributed by atoms with van der Waals surface area (Å²) >= 11 is 0. The van der Waals surface area contributed by atoms with Crippen molar-refractivity contribution in [2.24, 2.45) is 0 Å². The van der Waals surface area contributed by atoms with Crippen molar-refractivity contribution >= 4 is 11.6 Å². The Morgan fingerprint density at radius 2 is 1.88 bits per heavy atom. The second-order valence-electron chi connectivity index (χ2n) is 7.70. The maximum Gasteiger partial charge on any atom is 0.271 e. The summed E-state index contributed by atoms with van der Waals surface area (Å²) in [6, 6.07) is 12.0. The number of hydrogen-bond acceptors (Lipinski definition) is 3. The third kappa shape index (κ3) is 4.84. The lowest BCUT2D eigenvalue weighted by molar-refractivity contribution is 0.0948. The van der Waals surface area contributed by atoms with E-state index in [1.165, 1.54) is 0 Å². The smallest absolute Gasteiger partial charge is 0.271 e. The SMILES string of the molecule is CC(C)c1cc(C(=O)NCCN(C)c2ccccc2)nn1C(C)(C)C. The third-order valence-electron chi connectivity index (χ3n) is 4.13. The van der Waals surface area contributed by atoms with Gasteiger partial charge in [-0.25, -0.2) is 0 Å². The molecule has 1 aromatic carbocycles. The summed E-state index contributed by atoms with van der Waals surface area (Å²) in [4.78, 5) is 14.6. The van der Waals surface area contributed by atoms with Gasteiger partial charge in [-0.05, 0) is 44.9 Å². The molecule has 25 heavy (non-hydrogen) atoms. The van der Waals surface area contributed by atoms with E-state index < -0.39 is 0 Å². The maximum atomic E-state index is 12.5. The van der Waals surface area contributed by atoms with Crippen LogP contribution in [0, 0.1) is 0 Å². The molecule has 1 N–H and O–H groups in total. The number of amides is 1. The van der Waals surface area contributed by atoms with E-state index >= 15 is 0 Å². The van der Waals surface area contributed by atoms with Crippen molar-refractivity contribution in [3.8, 4) is 0 Å². The lowest BCUT2D eigenvalue weighted by atomic mass is 10.1. The minimum Gasteiger partial charge on any atom is -0.373 e. The van der Waals surface area contributed by atoms with Crippen LogP contribution in [0.15, 0.2) is 36.4 Å². The minimum atomic E-state index is -0.147. The molecule has 0 radical (unpaired) electrons. The molecule has 1 aromatic heterocycles.